The summed E-state index contributed by atoms with van der Waals surface area (Å²) in [5.74, 6) is 2.27. The largest absolute Gasteiger partial charge is 0.534 e. The number of carbonyl (C=O) groups excluding carboxylic acids is 2. The number of carbonyl (C=O) groups is 2. The van der Waals surface area contributed by atoms with E-state index in [4.69, 9.17) is 29.4 Å². The Morgan fingerprint density at radius 3 is 1.33 bits per heavy atom. The number of hydrogen-bond acceptors (Lipinski definition) is 25. The number of methoxy groups -OCH3 is 4. The van der Waals surface area contributed by atoms with Crippen LogP contribution >= 0.6 is 11.8 Å². The van der Waals surface area contributed by atoms with E-state index in [1.807, 2.05) is 124 Å². The molecular formula is C71H69F3N16O10S2V4. The fourth-order valence-corrected chi connectivity index (χ4v) is 11.1. The monoisotopic (exact) mass is 1630 g/mol. The molecule has 0 unspecified atom stereocenters. The van der Waals surface area contributed by atoms with Gasteiger partial charge < -0.3 is 49.6 Å². The summed E-state index contributed by atoms with van der Waals surface area (Å²) in [5.41, 5.74) is 13.9. The second-order valence-electron chi connectivity index (χ2n) is 23.0. The number of rotatable bonds is 19. The van der Waals surface area contributed by atoms with E-state index in [0.29, 0.717) is 55.3 Å². The fraction of sp³-hybridized carbons (Fsp3) is 0.239. The molecule has 0 atom stereocenters. The molecule has 0 aromatic carbocycles. The molecule has 1 aliphatic rings. The first-order chi connectivity index (χ1) is 49.1. The zero-order valence-electron chi connectivity index (χ0n) is 58.0. The van der Waals surface area contributed by atoms with Crippen LogP contribution in [0.3, 0.4) is 0 Å². The zero-order valence-corrected chi connectivity index (χ0v) is 65.2. The van der Waals surface area contributed by atoms with Crippen LogP contribution in [0.4, 0.5) is 23.8 Å². The molecule has 13 rings (SSSR count). The first-order valence-corrected chi connectivity index (χ1v) is 33.9. The Labute approximate surface area is 660 Å². The Balaban J connectivity index is 0.000000223. The van der Waals surface area contributed by atoms with Crippen molar-refractivity contribution in [2.75, 3.05) is 59.1 Å². The number of pyridine rings is 12. The topological polar surface area (TPSA) is 340 Å². The van der Waals surface area contributed by atoms with E-state index in [1.165, 1.54) is 31.0 Å². The number of nitrogens with two attached hydrogens (primary N) is 1. The summed E-state index contributed by atoms with van der Waals surface area (Å²) >= 11 is 1.52. The predicted octanol–water partition coefficient (Wildman–Crippen LogP) is 11.3. The smallest absolute Gasteiger partial charge is 0.481 e. The molecule has 5 N–H and O–H groups in total. The van der Waals surface area contributed by atoms with Crippen LogP contribution in [0, 0.1) is 0 Å². The summed E-state index contributed by atoms with van der Waals surface area (Å²) in [6.07, 6.45) is 13.7. The van der Waals surface area contributed by atoms with Gasteiger partial charge in [-0.3, -0.25) is 39.7 Å². The van der Waals surface area contributed by atoms with Gasteiger partial charge in [0.05, 0.1) is 66.8 Å². The Morgan fingerprint density at radius 2 is 0.925 bits per heavy atom. The molecule has 12 aromatic heterocycles. The number of alkyl carbamates (subject to hydrolysis) is 1. The van der Waals surface area contributed by atoms with Crippen molar-refractivity contribution in [1.29, 1.82) is 0 Å². The maximum absolute atomic E-state index is 12.3. The normalized spacial score (nSPS) is 11.5. The van der Waals surface area contributed by atoms with E-state index in [9.17, 15) is 31.2 Å². The van der Waals surface area contributed by atoms with Crippen molar-refractivity contribution in [3.8, 4) is 62.7 Å². The molecule has 13 heterocycles. The van der Waals surface area contributed by atoms with Crippen LogP contribution < -0.4 is 44.8 Å². The summed E-state index contributed by atoms with van der Waals surface area (Å²) < 4.78 is 88.6. The van der Waals surface area contributed by atoms with Crippen molar-refractivity contribution in [3.63, 3.8) is 0 Å². The van der Waals surface area contributed by atoms with Crippen LogP contribution in [-0.4, -0.2) is 145 Å². The van der Waals surface area contributed by atoms with E-state index in [0.717, 1.165) is 126 Å². The van der Waals surface area contributed by atoms with Crippen LogP contribution in [0.15, 0.2) is 170 Å². The van der Waals surface area contributed by atoms with Gasteiger partial charge in [0.1, 0.15) is 33.5 Å². The van der Waals surface area contributed by atoms with E-state index in [-0.39, 0.29) is 97.0 Å². The van der Waals surface area contributed by atoms with Gasteiger partial charge in [-0.05, 0) is 100 Å². The number of anilines is 1. The van der Waals surface area contributed by atoms with Crippen LogP contribution in [0.1, 0.15) is 43.5 Å². The average Bonchev–Trinajstić information content (AvgIpc) is 0.817. The quantitative estimate of drug-likeness (QED) is 0.0332. The van der Waals surface area contributed by atoms with E-state index in [1.54, 1.807) is 52.2 Å². The zero-order chi connectivity index (χ0) is 72.4. The molecule has 546 valence electrons. The van der Waals surface area contributed by atoms with E-state index < -0.39 is 33.1 Å². The maximum atomic E-state index is 12.3. The minimum Gasteiger partial charge on any atom is -0.481 e. The number of thioether (sulfide) groups is 1. The Morgan fingerprint density at radius 1 is 0.519 bits per heavy atom. The summed E-state index contributed by atoms with van der Waals surface area (Å²) in [5, 5.41) is 8.96. The van der Waals surface area contributed by atoms with Gasteiger partial charge in [0, 0.05) is 237 Å². The number of nitrogens with one attached hydrogen (secondary N) is 3. The third kappa shape index (κ3) is 23.2. The van der Waals surface area contributed by atoms with Gasteiger partial charge in [0.25, 0.3) is 0 Å². The van der Waals surface area contributed by atoms with Crippen LogP contribution in [0.2, 0.25) is 0 Å². The number of amides is 2. The molecule has 0 bridgehead atoms. The third-order valence-electron chi connectivity index (χ3n) is 14.8. The van der Waals surface area contributed by atoms with Crippen molar-refractivity contribution in [2.24, 2.45) is 5.73 Å². The van der Waals surface area contributed by atoms with Gasteiger partial charge in [-0.15, -0.1) is 11.8 Å². The second-order valence-corrected chi connectivity index (χ2v) is 25.6. The van der Waals surface area contributed by atoms with Crippen molar-refractivity contribution < 1.29 is 133 Å². The van der Waals surface area contributed by atoms with Gasteiger partial charge in [0.15, 0.2) is 5.75 Å². The molecule has 0 spiro atoms. The standard InChI is InChI=1S/C24H22N6O2S.C21H24N4O3.C16H16N4O.C10H7F3N2O4S.4V/c1-32-22-7-5-19-23(30-22)18(9-11-26-19)15-2-3-16(27-12-15)8-10-25-13-17-4-6-20-24(28-17)29-21(31)14-33-20;1-21(2,3)28-20(26)23-11-9-15-6-5-14(13-24-15)16-10-12-22-17-7-8-18(27-4)25-19(16)17;1-21-15-5-4-14-16(20-15)13(7-9-18-14)11-2-3-12(6-8-17)19-10-11;1-18-8-3-2-6-9(15-8)7(4-5-14-6)19-20(16,17)10(11,12)13;;;;/h2-7,9,11-12,25H,8,10,13-14H2,1H3,(H,28,29,31);5-8,10,12-13H,9,11H2,1-4H3,(H,23,26);2-5,7,9-10H,6,8,17H2,1H3;2-5H,1H3;;;;. The van der Waals surface area contributed by atoms with Gasteiger partial charge in [-0.1, -0.05) is 18.2 Å². The molecular weight excluding hydrogens is 1560 g/mol. The fourth-order valence-electron chi connectivity index (χ4n) is 9.88. The SMILES string of the molecule is COc1ccc2nccc(-c3ccc(CCN)nc3)c2n1.COc1ccc2nccc(-c3ccc(CCNC(=O)OC(C)(C)C)nc3)c2n1.COc1ccc2nccc(-c3ccc(CCNCc4ccc5c(n4)NC(=O)CS5)nc3)c2n1.COc1ccc2nccc(OS(=O)(=O)C(F)(F)F)c2n1.[V].[V].[V].[V]. The molecule has 106 heavy (non-hydrogen) atoms. The summed E-state index contributed by atoms with van der Waals surface area (Å²) in [6, 6.07) is 36.8. The van der Waals surface area contributed by atoms with Gasteiger partial charge in [-0.2, -0.15) is 21.6 Å². The molecule has 26 nitrogen and oxygen atoms in total. The molecule has 1 aliphatic heterocycles. The Bertz CT molecular complexity index is 5050. The average molecular weight is 1630 g/mol. The first-order valence-electron chi connectivity index (χ1n) is 31.5. The molecule has 0 saturated carbocycles. The Kier molecular flexibility index (Phi) is 32.4. The van der Waals surface area contributed by atoms with Crippen molar-refractivity contribution in [3.05, 3.63) is 187 Å². The molecule has 0 fully saturated rings. The molecule has 12 aromatic rings. The third-order valence-corrected chi connectivity index (χ3v) is 16.8. The maximum Gasteiger partial charge on any atom is 0.534 e. The number of aromatic nitrogens is 12. The number of hydrogen-bond donors (Lipinski definition) is 4. The number of ether oxygens (including phenoxy) is 5. The van der Waals surface area contributed by atoms with Crippen molar-refractivity contribution >= 4 is 83.8 Å². The van der Waals surface area contributed by atoms with Crippen molar-refractivity contribution in [2.45, 2.75) is 62.6 Å². The van der Waals surface area contributed by atoms with Gasteiger partial charge in [-0.25, -0.2) is 29.7 Å². The molecule has 0 saturated heterocycles. The summed E-state index contributed by atoms with van der Waals surface area (Å²) in [7, 11) is 0.331. The number of halogens is 3. The minimum atomic E-state index is -5.77. The molecule has 2 amide bonds. The Hall–Kier alpha value is -9.07. The van der Waals surface area contributed by atoms with Crippen LogP contribution in [0.25, 0.3) is 77.5 Å². The molecule has 35 heteroatoms. The van der Waals surface area contributed by atoms with Crippen LogP contribution in [-0.2, 0) is 120 Å². The minimum absolute atomic E-state index is 0. The van der Waals surface area contributed by atoms with Gasteiger partial charge >= 0.3 is 21.7 Å². The van der Waals surface area contributed by atoms with Crippen molar-refractivity contribution in [1.82, 2.24) is 70.4 Å². The number of alkyl halides is 3. The van der Waals surface area contributed by atoms with Gasteiger partial charge in [0.2, 0.25) is 29.4 Å². The summed E-state index contributed by atoms with van der Waals surface area (Å²) in [4.78, 5) is 76.7. The number of fused-ring (bicyclic) bond motifs is 5. The number of nitrogens with zero attached hydrogens (tertiary/aromatic N) is 12. The second kappa shape index (κ2) is 40.0. The first kappa shape index (κ1) is 85.9. The van der Waals surface area contributed by atoms with E-state index >= 15 is 0 Å². The van der Waals surface area contributed by atoms with E-state index in [2.05, 4.69) is 86.0 Å². The molecule has 4 radical (unpaired) electrons. The predicted molar refractivity (Wildman–Crippen MR) is 379 cm³/mol. The summed E-state index contributed by atoms with van der Waals surface area (Å²) in [6.45, 7) is 7.95. The molecule has 0 aliphatic carbocycles. The van der Waals surface area contributed by atoms with Crippen LogP contribution in [0.5, 0.6) is 29.3 Å².